The molecule has 1 atom stereocenters. The number of alkyl carbamates (subject to hydrolysis) is 1. The number of likely N-dealkylation sites (N-methyl/N-ethyl adjacent to an activating group) is 1. The van der Waals surface area contributed by atoms with Crippen LogP contribution in [0.1, 0.15) is 31.9 Å². The van der Waals surface area contributed by atoms with Gasteiger partial charge >= 0.3 is 12.1 Å². The van der Waals surface area contributed by atoms with Gasteiger partial charge in [0, 0.05) is 13.5 Å². The Hall–Kier alpha value is -3.88. The van der Waals surface area contributed by atoms with Crippen molar-refractivity contribution in [2.24, 2.45) is 0 Å². The smallest absolute Gasteiger partial charge is 0.407 e. The van der Waals surface area contributed by atoms with E-state index in [2.05, 4.69) is 10.6 Å². The minimum atomic E-state index is -0.908. The molecule has 0 heterocycles. The molecular formula is C26H33N3O6. The predicted octanol–water partition coefficient (Wildman–Crippen LogP) is 2.44. The van der Waals surface area contributed by atoms with Crippen LogP contribution in [0.2, 0.25) is 0 Å². The standard InChI is InChI=1S/C26H33N3O6/c1-26(2,3)35-23(31)17-27-24(32)21(15-19-11-7-5-8-12-19)29(4)22(30)16-28-25(33)34-18-20-13-9-6-10-14-20/h5-14,21H,15-18H2,1-4H3,(H,27,32)(H,28,33)/t21-/m1/s1. The van der Waals surface area contributed by atoms with E-state index < -0.39 is 35.5 Å². The van der Waals surface area contributed by atoms with Gasteiger partial charge in [-0.15, -0.1) is 0 Å². The topological polar surface area (TPSA) is 114 Å². The lowest BCUT2D eigenvalue weighted by Crippen LogP contribution is -2.52. The van der Waals surface area contributed by atoms with Crippen molar-refractivity contribution in [3.63, 3.8) is 0 Å². The molecule has 0 unspecified atom stereocenters. The van der Waals surface area contributed by atoms with Gasteiger partial charge in [-0.05, 0) is 31.9 Å². The first-order valence-electron chi connectivity index (χ1n) is 11.3. The van der Waals surface area contributed by atoms with E-state index in [9.17, 15) is 19.2 Å². The molecule has 188 valence electrons. The van der Waals surface area contributed by atoms with Crippen molar-refractivity contribution in [1.29, 1.82) is 0 Å². The molecule has 0 fully saturated rings. The third kappa shape index (κ3) is 10.3. The summed E-state index contributed by atoms with van der Waals surface area (Å²) in [6, 6.07) is 17.4. The molecule has 35 heavy (non-hydrogen) atoms. The molecule has 0 saturated carbocycles. The van der Waals surface area contributed by atoms with E-state index in [4.69, 9.17) is 9.47 Å². The molecule has 2 rings (SSSR count). The fourth-order valence-corrected chi connectivity index (χ4v) is 3.12. The molecular weight excluding hydrogens is 450 g/mol. The number of ether oxygens (including phenoxy) is 2. The highest BCUT2D eigenvalue weighted by Gasteiger charge is 2.28. The van der Waals surface area contributed by atoms with Gasteiger partial charge in [-0.25, -0.2) is 4.79 Å². The van der Waals surface area contributed by atoms with E-state index >= 15 is 0 Å². The van der Waals surface area contributed by atoms with E-state index in [1.807, 2.05) is 60.7 Å². The Labute approximate surface area is 205 Å². The van der Waals surface area contributed by atoms with Gasteiger partial charge in [0.25, 0.3) is 0 Å². The van der Waals surface area contributed by atoms with Crippen LogP contribution in [0.25, 0.3) is 0 Å². The molecule has 9 heteroatoms. The van der Waals surface area contributed by atoms with Gasteiger partial charge in [-0.3, -0.25) is 14.4 Å². The van der Waals surface area contributed by atoms with Gasteiger partial charge < -0.3 is 25.0 Å². The second kappa shape index (κ2) is 13.1. The number of benzene rings is 2. The lowest BCUT2D eigenvalue weighted by atomic mass is 10.0. The van der Waals surface area contributed by atoms with Crippen LogP contribution in [-0.2, 0) is 36.9 Å². The van der Waals surface area contributed by atoms with Gasteiger partial charge in [-0.2, -0.15) is 0 Å². The molecule has 2 aromatic carbocycles. The number of nitrogens with one attached hydrogen (secondary N) is 2. The number of esters is 1. The van der Waals surface area contributed by atoms with Crippen LogP contribution in [0.15, 0.2) is 60.7 Å². The summed E-state index contributed by atoms with van der Waals surface area (Å²) in [5, 5.41) is 4.95. The summed E-state index contributed by atoms with van der Waals surface area (Å²) in [6.45, 7) is 4.59. The molecule has 0 aliphatic carbocycles. The normalized spacial score (nSPS) is 11.7. The van der Waals surface area contributed by atoms with Crippen LogP contribution in [-0.4, -0.2) is 60.6 Å². The van der Waals surface area contributed by atoms with E-state index in [-0.39, 0.29) is 26.1 Å². The summed E-state index contributed by atoms with van der Waals surface area (Å²) in [6.07, 6.45) is -0.522. The van der Waals surface area contributed by atoms with Gasteiger partial charge in [0.15, 0.2) is 0 Å². The fraction of sp³-hybridized carbons (Fsp3) is 0.385. The summed E-state index contributed by atoms with van der Waals surface area (Å²) in [5.41, 5.74) is 0.967. The molecule has 0 radical (unpaired) electrons. The van der Waals surface area contributed by atoms with E-state index in [1.165, 1.54) is 11.9 Å². The lowest BCUT2D eigenvalue weighted by Gasteiger charge is -2.28. The van der Waals surface area contributed by atoms with Crippen molar-refractivity contribution in [3.8, 4) is 0 Å². The minimum absolute atomic E-state index is 0.0698. The highest BCUT2D eigenvalue weighted by atomic mass is 16.6. The van der Waals surface area contributed by atoms with Crippen LogP contribution in [0.3, 0.4) is 0 Å². The zero-order valence-corrected chi connectivity index (χ0v) is 20.6. The molecule has 0 aromatic heterocycles. The predicted molar refractivity (Wildman–Crippen MR) is 130 cm³/mol. The van der Waals surface area contributed by atoms with Crippen molar-refractivity contribution in [2.75, 3.05) is 20.1 Å². The van der Waals surface area contributed by atoms with Gasteiger partial charge in [0.2, 0.25) is 11.8 Å². The van der Waals surface area contributed by atoms with Crippen molar-refractivity contribution in [3.05, 3.63) is 71.8 Å². The van der Waals surface area contributed by atoms with Crippen molar-refractivity contribution >= 4 is 23.9 Å². The third-order valence-corrected chi connectivity index (χ3v) is 4.86. The summed E-state index contributed by atoms with van der Waals surface area (Å²) >= 11 is 0. The Kier molecular flexibility index (Phi) is 10.3. The number of carbonyl (C=O) groups is 4. The monoisotopic (exact) mass is 483 g/mol. The molecule has 9 nitrogen and oxygen atoms in total. The summed E-state index contributed by atoms with van der Waals surface area (Å²) < 4.78 is 10.3. The molecule has 0 aliphatic rings. The molecule has 3 amide bonds. The van der Waals surface area contributed by atoms with Gasteiger partial charge in [-0.1, -0.05) is 60.7 Å². The van der Waals surface area contributed by atoms with Crippen LogP contribution < -0.4 is 10.6 Å². The van der Waals surface area contributed by atoms with Gasteiger partial charge in [0.05, 0.1) is 0 Å². The molecule has 0 bridgehead atoms. The Morgan fingerprint density at radius 2 is 1.43 bits per heavy atom. The second-order valence-electron chi connectivity index (χ2n) is 8.93. The zero-order chi connectivity index (χ0) is 25.8. The Bertz CT molecular complexity index is 989. The van der Waals surface area contributed by atoms with Crippen LogP contribution in [0.5, 0.6) is 0 Å². The SMILES string of the molecule is CN(C(=O)CNC(=O)OCc1ccccc1)[C@H](Cc1ccccc1)C(=O)NCC(=O)OC(C)(C)C. The molecule has 0 aliphatic heterocycles. The minimum Gasteiger partial charge on any atom is -0.459 e. The fourth-order valence-electron chi connectivity index (χ4n) is 3.12. The quantitative estimate of drug-likeness (QED) is 0.502. The molecule has 0 saturated heterocycles. The maximum Gasteiger partial charge on any atom is 0.407 e. The summed E-state index contributed by atoms with van der Waals surface area (Å²) in [5.74, 6) is -1.58. The van der Waals surface area contributed by atoms with E-state index in [1.54, 1.807) is 20.8 Å². The van der Waals surface area contributed by atoms with E-state index in [0.29, 0.717) is 0 Å². The van der Waals surface area contributed by atoms with Crippen molar-refractivity contribution in [2.45, 2.75) is 45.4 Å². The van der Waals surface area contributed by atoms with Crippen molar-refractivity contribution < 1.29 is 28.7 Å². The average Bonchev–Trinajstić information content (AvgIpc) is 2.83. The molecule has 0 spiro atoms. The van der Waals surface area contributed by atoms with Crippen LogP contribution in [0, 0.1) is 0 Å². The highest BCUT2D eigenvalue weighted by molar-refractivity contribution is 5.91. The van der Waals surface area contributed by atoms with Crippen LogP contribution in [0.4, 0.5) is 4.79 Å². The summed E-state index contributed by atoms with van der Waals surface area (Å²) in [7, 11) is 1.47. The van der Waals surface area contributed by atoms with Gasteiger partial charge in [0.1, 0.15) is 31.3 Å². The first kappa shape index (κ1) is 27.4. The largest absolute Gasteiger partial charge is 0.459 e. The Balaban J connectivity index is 1.96. The maximum atomic E-state index is 12.9. The summed E-state index contributed by atoms with van der Waals surface area (Å²) in [4.78, 5) is 51.0. The highest BCUT2D eigenvalue weighted by Crippen LogP contribution is 2.10. The number of hydrogen-bond donors (Lipinski definition) is 2. The number of nitrogens with zero attached hydrogens (tertiary/aromatic N) is 1. The van der Waals surface area contributed by atoms with Crippen molar-refractivity contribution in [1.82, 2.24) is 15.5 Å². The first-order valence-corrected chi connectivity index (χ1v) is 11.3. The molecule has 2 aromatic rings. The Morgan fingerprint density at radius 3 is 2.00 bits per heavy atom. The first-order chi connectivity index (χ1) is 16.5. The number of hydrogen-bond acceptors (Lipinski definition) is 6. The van der Waals surface area contributed by atoms with E-state index in [0.717, 1.165) is 11.1 Å². The zero-order valence-electron chi connectivity index (χ0n) is 20.6. The van der Waals surface area contributed by atoms with Crippen LogP contribution >= 0.6 is 0 Å². The number of rotatable bonds is 10. The second-order valence-corrected chi connectivity index (χ2v) is 8.93. The average molecular weight is 484 g/mol. The maximum absolute atomic E-state index is 12.9. The third-order valence-electron chi connectivity index (χ3n) is 4.86. The number of amides is 3. The number of carbonyl (C=O) groups excluding carboxylic acids is 4. The lowest BCUT2D eigenvalue weighted by molar-refractivity contribution is -0.154. The molecule has 2 N–H and O–H groups in total. The Morgan fingerprint density at radius 1 is 0.857 bits per heavy atom.